The second-order valence-electron chi connectivity index (χ2n) is 8.20. The largest absolute Gasteiger partial charge is 0.342 e. The Hall–Kier alpha value is -3.40. The Labute approximate surface area is 198 Å². The summed E-state index contributed by atoms with van der Waals surface area (Å²) in [6.07, 6.45) is 2.14. The van der Waals surface area contributed by atoms with Crippen LogP contribution in [0, 0.1) is 10.1 Å². The Morgan fingerprint density at radius 2 is 1.97 bits per heavy atom. The van der Waals surface area contributed by atoms with Gasteiger partial charge in [0.1, 0.15) is 11.9 Å². The number of fused-ring (bicyclic) bond motifs is 3. The molecule has 0 radical (unpaired) electrons. The molecule has 0 N–H and O–H groups in total. The average Bonchev–Trinajstić information content (AvgIpc) is 3.45. The van der Waals surface area contributed by atoms with Crippen molar-refractivity contribution in [1.29, 1.82) is 0 Å². The Balaban J connectivity index is 1.67. The number of likely N-dealkylation sites (tertiary alicyclic amines) is 1. The van der Waals surface area contributed by atoms with E-state index in [-0.39, 0.29) is 24.1 Å². The summed E-state index contributed by atoms with van der Waals surface area (Å²) in [5.41, 5.74) is 2.70. The van der Waals surface area contributed by atoms with Gasteiger partial charge in [-0.3, -0.25) is 24.5 Å². The maximum Gasteiger partial charge on any atom is 0.270 e. The van der Waals surface area contributed by atoms with Gasteiger partial charge in [-0.2, -0.15) is 0 Å². The van der Waals surface area contributed by atoms with Crippen LogP contribution >= 0.6 is 15.9 Å². The van der Waals surface area contributed by atoms with Gasteiger partial charge in [-0.05, 0) is 38.0 Å². The third-order valence-electron chi connectivity index (χ3n) is 6.00. The van der Waals surface area contributed by atoms with E-state index in [2.05, 4.69) is 26.1 Å². The van der Waals surface area contributed by atoms with E-state index in [1.165, 1.54) is 12.1 Å². The number of benzene rings is 2. The first-order chi connectivity index (χ1) is 15.9. The van der Waals surface area contributed by atoms with E-state index >= 15 is 0 Å². The van der Waals surface area contributed by atoms with Crippen molar-refractivity contribution in [2.45, 2.75) is 32.2 Å². The highest BCUT2D eigenvalue weighted by atomic mass is 79.9. The fraction of sp³-hybridized carbons (Fsp3) is 0.304. The average molecular weight is 509 g/mol. The number of nitro benzene ring substituents is 1. The molecular formula is C23H21BrN6O3. The van der Waals surface area contributed by atoms with E-state index in [0.29, 0.717) is 28.6 Å². The molecule has 168 valence electrons. The number of hydrogen-bond acceptors (Lipinski definition) is 6. The van der Waals surface area contributed by atoms with Crippen LogP contribution in [0.4, 0.5) is 5.69 Å². The molecule has 0 aliphatic carbocycles. The fourth-order valence-corrected chi connectivity index (χ4v) is 4.80. The summed E-state index contributed by atoms with van der Waals surface area (Å²) in [6.45, 7) is 3.43. The standard InChI is InChI=1S/C23H21BrN6O3/c1-14-23-27-26-20(13-21(31)28-9-2-3-10-28)29(23)19-8-7-17(30(32)33)12-18(19)22(25-14)15-5-4-6-16(24)11-15/h4-8,11-12,14H,2-3,9-10,13H2,1H3. The third kappa shape index (κ3) is 3.95. The molecule has 10 heteroatoms. The molecule has 1 saturated heterocycles. The Morgan fingerprint density at radius 3 is 2.70 bits per heavy atom. The van der Waals surface area contributed by atoms with Crippen molar-refractivity contribution >= 4 is 33.2 Å². The molecule has 3 heterocycles. The number of nitrogens with zero attached hydrogens (tertiary/aromatic N) is 6. The molecule has 0 saturated carbocycles. The number of amides is 1. The highest BCUT2D eigenvalue weighted by Gasteiger charge is 2.30. The Bertz CT molecular complexity index is 1300. The number of nitro groups is 1. The van der Waals surface area contributed by atoms with Crippen molar-refractivity contribution in [2.75, 3.05) is 13.1 Å². The summed E-state index contributed by atoms with van der Waals surface area (Å²) < 4.78 is 2.72. The van der Waals surface area contributed by atoms with Crippen molar-refractivity contribution in [3.05, 3.63) is 79.8 Å². The normalized spacial score (nSPS) is 17.2. The van der Waals surface area contributed by atoms with Gasteiger partial charge in [0, 0.05) is 40.8 Å². The summed E-state index contributed by atoms with van der Waals surface area (Å²) in [5.74, 6) is 1.12. The van der Waals surface area contributed by atoms with Gasteiger partial charge < -0.3 is 4.90 Å². The molecule has 3 aromatic rings. The van der Waals surface area contributed by atoms with Crippen LogP contribution < -0.4 is 0 Å². The van der Waals surface area contributed by atoms with Crippen LogP contribution in [0.1, 0.15) is 48.6 Å². The fourth-order valence-electron chi connectivity index (χ4n) is 4.40. The predicted octanol–water partition coefficient (Wildman–Crippen LogP) is 4.01. The minimum absolute atomic E-state index is 0.0104. The minimum atomic E-state index is -0.419. The van der Waals surface area contributed by atoms with Gasteiger partial charge in [0.25, 0.3) is 5.69 Å². The molecule has 1 atom stereocenters. The number of carbonyl (C=O) groups excluding carboxylic acids is 1. The molecule has 0 bridgehead atoms. The molecular weight excluding hydrogens is 488 g/mol. The number of carbonyl (C=O) groups is 1. The Kier molecular flexibility index (Phi) is 5.53. The lowest BCUT2D eigenvalue weighted by atomic mass is 9.99. The number of hydrogen-bond donors (Lipinski definition) is 0. The third-order valence-corrected chi connectivity index (χ3v) is 6.50. The van der Waals surface area contributed by atoms with Gasteiger partial charge in [0.15, 0.2) is 5.82 Å². The van der Waals surface area contributed by atoms with Gasteiger partial charge >= 0.3 is 0 Å². The second kappa shape index (κ2) is 8.51. The molecule has 9 nitrogen and oxygen atoms in total. The van der Waals surface area contributed by atoms with Crippen molar-refractivity contribution in [3.8, 4) is 5.69 Å². The van der Waals surface area contributed by atoms with Crippen LogP contribution in [0.3, 0.4) is 0 Å². The first-order valence-electron chi connectivity index (χ1n) is 10.8. The van der Waals surface area contributed by atoms with E-state index in [0.717, 1.165) is 36.0 Å². The molecule has 2 aliphatic rings. The first-order valence-corrected chi connectivity index (χ1v) is 11.6. The molecule has 1 unspecified atom stereocenters. The number of aliphatic imine (C=N–C) groups is 1. The summed E-state index contributed by atoms with van der Waals surface area (Å²) in [5, 5.41) is 20.3. The molecule has 33 heavy (non-hydrogen) atoms. The van der Waals surface area contributed by atoms with Gasteiger partial charge in [-0.15, -0.1) is 10.2 Å². The van der Waals surface area contributed by atoms with Crippen LogP contribution in [0.15, 0.2) is 51.9 Å². The summed E-state index contributed by atoms with van der Waals surface area (Å²) in [4.78, 5) is 30.8. The summed E-state index contributed by atoms with van der Waals surface area (Å²) >= 11 is 3.50. The van der Waals surface area contributed by atoms with E-state index in [4.69, 9.17) is 4.99 Å². The lowest BCUT2D eigenvalue weighted by molar-refractivity contribution is -0.384. The SMILES string of the molecule is CC1N=C(c2cccc(Br)c2)c2cc([N+](=O)[O-])ccc2-n2c(CC(=O)N3CCCC3)nnc21. The number of non-ortho nitro benzene ring substituents is 1. The van der Waals surface area contributed by atoms with Crippen LogP contribution in [0.25, 0.3) is 5.69 Å². The number of rotatable bonds is 4. The van der Waals surface area contributed by atoms with Crippen LogP contribution in [0.2, 0.25) is 0 Å². The summed E-state index contributed by atoms with van der Waals surface area (Å²) in [7, 11) is 0. The van der Waals surface area contributed by atoms with Crippen LogP contribution in [0.5, 0.6) is 0 Å². The molecule has 1 aromatic heterocycles. The van der Waals surface area contributed by atoms with Crippen LogP contribution in [-0.2, 0) is 11.2 Å². The number of aromatic nitrogens is 3. The van der Waals surface area contributed by atoms with Gasteiger partial charge in [-0.25, -0.2) is 0 Å². The van der Waals surface area contributed by atoms with E-state index in [1.54, 1.807) is 6.07 Å². The molecule has 1 fully saturated rings. The quantitative estimate of drug-likeness (QED) is 0.390. The number of halogens is 1. The lowest BCUT2D eigenvalue weighted by Crippen LogP contribution is -2.30. The van der Waals surface area contributed by atoms with E-state index < -0.39 is 4.92 Å². The van der Waals surface area contributed by atoms with E-state index in [9.17, 15) is 14.9 Å². The predicted molar refractivity (Wildman–Crippen MR) is 126 cm³/mol. The van der Waals surface area contributed by atoms with Crippen LogP contribution in [-0.4, -0.2) is 49.3 Å². The van der Waals surface area contributed by atoms with Gasteiger partial charge in [0.05, 0.1) is 22.7 Å². The topological polar surface area (TPSA) is 107 Å². The lowest BCUT2D eigenvalue weighted by Gasteiger charge is -2.17. The van der Waals surface area contributed by atoms with E-state index in [1.807, 2.05) is 40.7 Å². The maximum atomic E-state index is 12.9. The maximum absolute atomic E-state index is 12.9. The second-order valence-corrected chi connectivity index (χ2v) is 9.11. The first kappa shape index (κ1) is 21.4. The van der Waals surface area contributed by atoms with Crippen molar-refractivity contribution in [1.82, 2.24) is 19.7 Å². The highest BCUT2D eigenvalue weighted by molar-refractivity contribution is 9.10. The summed E-state index contributed by atoms with van der Waals surface area (Å²) in [6, 6.07) is 12.0. The van der Waals surface area contributed by atoms with Gasteiger partial charge in [0.2, 0.25) is 5.91 Å². The molecule has 0 spiro atoms. The zero-order chi connectivity index (χ0) is 23.1. The molecule has 5 rings (SSSR count). The minimum Gasteiger partial charge on any atom is -0.342 e. The monoisotopic (exact) mass is 508 g/mol. The molecule has 2 aliphatic heterocycles. The molecule has 2 aromatic carbocycles. The van der Waals surface area contributed by atoms with Crippen molar-refractivity contribution in [3.63, 3.8) is 0 Å². The zero-order valence-electron chi connectivity index (χ0n) is 17.9. The van der Waals surface area contributed by atoms with Crippen molar-refractivity contribution in [2.24, 2.45) is 4.99 Å². The molecule has 1 amide bonds. The van der Waals surface area contributed by atoms with Crippen molar-refractivity contribution < 1.29 is 9.72 Å². The zero-order valence-corrected chi connectivity index (χ0v) is 19.5. The smallest absolute Gasteiger partial charge is 0.270 e. The Morgan fingerprint density at radius 1 is 1.18 bits per heavy atom. The highest BCUT2D eigenvalue weighted by Crippen LogP contribution is 2.33. The van der Waals surface area contributed by atoms with Gasteiger partial charge in [-0.1, -0.05) is 28.1 Å².